The van der Waals surface area contributed by atoms with E-state index in [1.54, 1.807) is 6.07 Å². The molecule has 0 amide bonds. The molecular formula is C14H21ClFN. The fourth-order valence-electron chi connectivity index (χ4n) is 1.83. The molecule has 0 saturated heterocycles. The Balaban J connectivity index is 2.61. The van der Waals surface area contributed by atoms with Crippen LogP contribution in [0.4, 0.5) is 4.39 Å². The van der Waals surface area contributed by atoms with Crippen molar-refractivity contribution in [2.45, 2.75) is 27.2 Å². The van der Waals surface area contributed by atoms with Gasteiger partial charge >= 0.3 is 0 Å². The van der Waals surface area contributed by atoms with E-state index in [4.69, 9.17) is 11.6 Å². The highest BCUT2D eigenvalue weighted by Crippen LogP contribution is 2.23. The van der Waals surface area contributed by atoms with Crippen LogP contribution in [-0.4, -0.2) is 13.1 Å². The van der Waals surface area contributed by atoms with E-state index in [1.165, 1.54) is 0 Å². The Bertz CT molecular complexity index is 354. The molecule has 0 aliphatic carbocycles. The molecule has 0 radical (unpaired) electrons. The molecule has 0 spiro atoms. The van der Waals surface area contributed by atoms with Crippen LogP contribution in [0.15, 0.2) is 18.2 Å². The maximum Gasteiger partial charge on any atom is 0.144 e. The number of hydrogen-bond donors (Lipinski definition) is 1. The predicted octanol–water partition coefficient (Wildman–Crippen LogP) is 3.90. The lowest BCUT2D eigenvalue weighted by Gasteiger charge is -2.20. The van der Waals surface area contributed by atoms with Crippen molar-refractivity contribution in [2.24, 2.45) is 11.8 Å². The third-order valence-electron chi connectivity index (χ3n) is 3.26. The highest BCUT2D eigenvalue weighted by molar-refractivity contribution is 6.30. The second kappa shape index (κ2) is 6.97. The molecule has 1 nitrogen and oxygen atoms in total. The van der Waals surface area contributed by atoms with Gasteiger partial charge in [0.05, 0.1) is 5.02 Å². The van der Waals surface area contributed by atoms with Gasteiger partial charge in [0.1, 0.15) is 5.82 Å². The van der Waals surface area contributed by atoms with Crippen molar-refractivity contribution in [3.05, 3.63) is 34.6 Å². The Kier molecular flexibility index (Phi) is 5.93. The Hall–Kier alpha value is -0.600. The maximum absolute atomic E-state index is 13.7. The molecule has 0 bridgehead atoms. The molecule has 96 valence electrons. The van der Waals surface area contributed by atoms with Gasteiger partial charge in [-0.1, -0.05) is 44.5 Å². The lowest BCUT2D eigenvalue weighted by molar-refractivity contribution is 0.364. The number of rotatable bonds is 6. The third kappa shape index (κ3) is 4.29. The van der Waals surface area contributed by atoms with Crippen LogP contribution in [0.1, 0.15) is 26.3 Å². The lowest BCUT2D eigenvalue weighted by atomic mass is 9.89. The van der Waals surface area contributed by atoms with Crippen LogP contribution in [0.3, 0.4) is 0 Å². The van der Waals surface area contributed by atoms with E-state index in [0.717, 1.165) is 19.5 Å². The number of benzene rings is 1. The van der Waals surface area contributed by atoms with E-state index in [0.29, 0.717) is 17.4 Å². The lowest BCUT2D eigenvalue weighted by Crippen LogP contribution is -2.26. The Morgan fingerprint density at radius 1 is 1.29 bits per heavy atom. The van der Waals surface area contributed by atoms with Crippen LogP contribution in [0.5, 0.6) is 0 Å². The molecule has 1 N–H and O–H groups in total. The first-order valence-electron chi connectivity index (χ1n) is 6.19. The normalized spacial score (nSPS) is 14.6. The second-order valence-corrected chi connectivity index (χ2v) is 5.09. The summed E-state index contributed by atoms with van der Waals surface area (Å²) in [6.07, 6.45) is 0.735. The molecule has 0 saturated carbocycles. The number of halogens is 2. The van der Waals surface area contributed by atoms with Crippen molar-refractivity contribution in [1.29, 1.82) is 0 Å². The molecular weight excluding hydrogens is 237 g/mol. The first kappa shape index (κ1) is 14.5. The molecule has 0 aliphatic heterocycles. The molecule has 0 heterocycles. The van der Waals surface area contributed by atoms with E-state index >= 15 is 0 Å². The van der Waals surface area contributed by atoms with Crippen molar-refractivity contribution in [2.75, 3.05) is 13.1 Å². The van der Waals surface area contributed by atoms with E-state index < -0.39 is 0 Å². The topological polar surface area (TPSA) is 12.0 Å². The maximum atomic E-state index is 13.7. The highest BCUT2D eigenvalue weighted by atomic mass is 35.5. The summed E-state index contributed by atoms with van der Waals surface area (Å²) in [4.78, 5) is 0. The molecule has 2 unspecified atom stereocenters. The van der Waals surface area contributed by atoms with Crippen LogP contribution in [-0.2, 0) is 6.42 Å². The molecule has 1 rings (SSSR count). The summed E-state index contributed by atoms with van der Waals surface area (Å²) < 4.78 is 13.7. The van der Waals surface area contributed by atoms with Crippen LogP contribution >= 0.6 is 11.6 Å². The molecule has 0 aliphatic rings. The predicted molar refractivity (Wildman–Crippen MR) is 72.0 cm³/mol. The molecule has 3 heteroatoms. The number of nitrogens with one attached hydrogen (secondary N) is 1. The molecule has 17 heavy (non-hydrogen) atoms. The Morgan fingerprint density at radius 3 is 2.65 bits per heavy atom. The van der Waals surface area contributed by atoms with Crippen LogP contribution in [0.2, 0.25) is 5.02 Å². The van der Waals surface area contributed by atoms with E-state index in [1.807, 2.05) is 12.1 Å². The van der Waals surface area contributed by atoms with Crippen LogP contribution < -0.4 is 5.32 Å². The zero-order valence-corrected chi connectivity index (χ0v) is 11.5. The van der Waals surface area contributed by atoms with Crippen molar-refractivity contribution in [3.8, 4) is 0 Å². The SMILES string of the molecule is CCNCC(C)C(C)Cc1cccc(Cl)c1F. The molecule has 1 aromatic carbocycles. The van der Waals surface area contributed by atoms with Crippen LogP contribution in [0, 0.1) is 17.7 Å². The van der Waals surface area contributed by atoms with Crippen molar-refractivity contribution >= 4 is 11.6 Å². The highest BCUT2D eigenvalue weighted by Gasteiger charge is 2.15. The van der Waals surface area contributed by atoms with Gasteiger partial charge in [-0.3, -0.25) is 0 Å². The first-order chi connectivity index (χ1) is 8.06. The summed E-state index contributed by atoms with van der Waals surface area (Å²) in [5.74, 6) is 0.687. The fraction of sp³-hybridized carbons (Fsp3) is 0.571. The van der Waals surface area contributed by atoms with Gasteiger partial charge < -0.3 is 5.32 Å². The summed E-state index contributed by atoms with van der Waals surface area (Å²) >= 11 is 5.77. The standard InChI is InChI=1S/C14H21ClFN/c1-4-17-9-11(3)10(2)8-12-6-5-7-13(15)14(12)16/h5-7,10-11,17H,4,8-9H2,1-3H3. The summed E-state index contributed by atoms with van der Waals surface area (Å²) in [5.41, 5.74) is 0.716. The number of hydrogen-bond acceptors (Lipinski definition) is 1. The average molecular weight is 258 g/mol. The van der Waals surface area contributed by atoms with Gasteiger partial charge in [-0.15, -0.1) is 0 Å². The molecule has 2 atom stereocenters. The summed E-state index contributed by atoms with van der Waals surface area (Å²) in [6, 6.07) is 5.22. The van der Waals surface area contributed by atoms with E-state index in [2.05, 4.69) is 26.1 Å². The molecule has 0 fully saturated rings. The van der Waals surface area contributed by atoms with Crippen LogP contribution in [0.25, 0.3) is 0 Å². The average Bonchev–Trinajstić information content (AvgIpc) is 2.31. The van der Waals surface area contributed by atoms with Crippen molar-refractivity contribution < 1.29 is 4.39 Å². The minimum atomic E-state index is -0.267. The fourth-order valence-corrected chi connectivity index (χ4v) is 2.02. The first-order valence-corrected chi connectivity index (χ1v) is 6.57. The van der Waals surface area contributed by atoms with E-state index in [9.17, 15) is 4.39 Å². The van der Waals surface area contributed by atoms with Gasteiger partial charge in [-0.2, -0.15) is 0 Å². The molecule has 1 aromatic rings. The summed E-state index contributed by atoms with van der Waals surface area (Å²) in [5, 5.41) is 3.54. The minimum absolute atomic E-state index is 0.217. The zero-order valence-electron chi connectivity index (χ0n) is 10.8. The third-order valence-corrected chi connectivity index (χ3v) is 3.55. The second-order valence-electron chi connectivity index (χ2n) is 4.68. The van der Waals surface area contributed by atoms with Gasteiger partial charge in [0.2, 0.25) is 0 Å². The minimum Gasteiger partial charge on any atom is -0.317 e. The summed E-state index contributed by atoms with van der Waals surface area (Å²) in [7, 11) is 0. The molecule has 0 aromatic heterocycles. The van der Waals surface area contributed by atoms with Crippen molar-refractivity contribution in [1.82, 2.24) is 5.32 Å². The van der Waals surface area contributed by atoms with E-state index in [-0.39, 0.29) is 10.8 Å². The van der Waals surface area contributed by atoms with Gasteiger partial charge in [0.25, 0.3) is 0 Å². The Morgan fingerprint density at radius 2 is 2.00 bits per heavy atom. The summed E-state index contributed by atoms with van der Waals surface area (Å²) in [6.45, 7) is 8.38. The van der Waals surface area contributed by atoms with Gasteiger partial charge in [0.15, 0.2) is 0 Å². The van der Waals surface area contributed by atoms with Crippen molar-refractivity contribution in [3.63, 3.8) is 0 Å². The monoisotopic (exact) mass is 257 g/mol. The Labute approximate surface area is 108 Å². The zero-order chi connectivity index (χ0) is 12.8. The van der Waals surface area contributed by atoms with Gasteiger partial charge in [0, 0.05) is 0 Å². The van der Waals surface area contributed by atoms with Gasteiger partial charge in [-0.25, -0.2) is 4.39 Å². The smallest absolute Gasteiger partial charge is 0.144 e. The largest absolute Gasteiger partial charge is 0.317 e. The van der Waals surface area contributed by atoms with Gasteiger partial charge in [-0.05, 0) is 43.0 Å². The quantitative estimate of drug-likeness (QED) is 0.815.